The fourth-order valence-corrected chi connectivity index (χ4v) is 4.55. The maximum Gasteiger partial charge on any atom is 0.192 e. The predicted octanol–water partition coefficient (Wildman–Crippen LogP) is 5.79. The number of allylic oxidation sites excluding steroid dienone is 1. The Morgan fingerprint density at radius 1 is 0.960 bits per heavy atom. The summed E-state index contributed by atoms with van der Waals surface area (Å²) in [5.74, 6) is 0.651. The molecule has 25 heavy (non-hydrogen) atoms. The average Bonchev–Trinajstić information content (AvgIpc) is 2.83. The highest BCUT2D eigenvalue weighted by atomic mass is 28.4. The van der Waals surface area contributed by atoms with Crippen LogP contribution in [0.25, 0.3) is 0 Å². The molecule has 0 aromatic carbocycles. The smallest absolute Gasteiger partial charge is 0.192 e. The van der Waals surface area contributed by atoms with Crippen molar-refractivity contribution in [3.05, 3.63) is 11.6 Å². The van der Waals surface area contributed by atoms with E-state index in [1.807, 2.05) is 0 Å². The van der Waals surface area contributed by atoms with Gasteiger partial charge in [0.1, 0.15) is 6.29 Å². The molecule has 0 spiro atoms. The van der Waals surface area contributed by atoms with Crippen molar-refractivity contribution in [2.75, 3.05) is 13.2 Å². The summed E-state index contributed by atoms with van der Waals surface area (Å²) in [6.45, 7) is 24.2. The third-order valence-electron chi connectivity index (χ3n) is 6.59. The van der Waals surface area contributed by atoms with Crippen LogP contribution in [0.4, 0.5) is 0 Å². The maximum atomic E-state index is 11.3. The lowest BCUT2D eigenvalue weighted by Crippen LogP contribution is -2.44. The van der Waals surface area contributed by atoms with Gasteiger partial charge in [-0.2, -0.15) is 0 Å². The van der Waals surface area contributed by atoms with Crippen LogP contribution in [0.3, 0.4) is 0 Å². The summed E-state index contributed by atoms with van der Waals surface area (Å²) in [5.41, 5.74) is 0.910. The lowest BCUT2D eigenvalue weighted by Gasteiger charge is -2.39. The molecule has 0 radical (unpaired) electrons. The van der Waals surface area contributed by atoms with Crippen molar-refractivity contribution in [3.63, 3.8) is 0 Å². The van der Waals surface area contributed by atoms with E-state index in [0.29, 0.717) is 18.4 Å². The highest BCUT2D eigenvalue weighted by Crippen LogP contribution is 2.40. The Kier molecular flexibility index (Phi) is 7.10. The largest absolute Gasteiger partial charge is 0.417 e. The first-order valence-electron chi connectivity index (χ1n) is 9.54. The molecular formula is C20H40O3Si2. The van der Waals surface area contributed by atoms with Crippen LogP contribution < -0.4 is 0 Å². The minimum atomic E-state index is -1.77. The molecule has 3 nitrogen and oxygen atoms in total. The van der Waals surface area contributed by atoms with Crippen LogP contribution in [0.1, 0.15) is 48.0 Å². The first kappa shape index (κ1) is 22.8. The number of carbonyl (C=O) groups excluding carboxylic acids is 1. The Bertz CT molecular complexity index is 496. The summed E-state index contributed by atoms with van der Waals surface area (Å²) in [7, 11) is -3.54. The van der Waals surface area contributed by atoms with Crippen molar-refractivity contribution in [3.8, 4) is 0 Å². The number of hydrogen-bond acceptors (Lipinski definition) is 3. The molecule has 1 rings (SSSR count). The minimum Gasteiger partial charge on any atom is -0.417 e. The van der Waals surface area contributed by atoms with Gasteiger partial charge in [-0.05, 0) is 54.2 Å². The van der Waals surface area contributed by atoms with Gasteiger partial charge in [0.25, 0.3) is 0 Å². The zero-order chi connectivity index (χ0) is 19.7. The second-order valence-electron chi connectivity index (χ2n) is 10.6. The molecule has 0 N–H and O–H groups in total. The van der Waals surface area contributed by atoms with Crippen LogP contribution in [-0.4, -0.2) is 36.1 Å². The standard InChI is InChI=1S/C20H40O3Si2/c1-19(2,3)24(7,8)22-14-17-11-16(13-21)12-18(17)15-23-25(9,10)20(4,5)6/h11,13,17-18H,12,14-15H2,1-10H3/t17-,18-/m1/s1. The lowest BCUT2D eigenvalue weighted by molar-refractivity contribution is -0.105. The SMILES string of the molecule is CC(C)(C)[Si](C)(C)OC[C@H]1CC(C=O)=C[C@@H]1CO[Si](C)(C)C(C)(C)C. The van der Waals surface area contributed by atoms with E-state index in [9.17, 15) is 4.79 Å². The quantitative estimate of drug-likeness (QED) is 0.411. The van der Waals surface area contributed by atoms with Gasteiger partial charge in [0.15, 0.2) is 16.6 Å². The summed E-state index contributed by atoms with van der Waals surface area (Å²) < 4.78 is 12.9. The van der Waals surface area contributed by atoms with Crippen molar-refractivity contribution in [2.45, 2.75) is 84.2 Å². The van der Waals surface area contributed by atoms with Crippen LogP contribution >= 0.6 is 0 Å². The monoisotopic (exact) mass is 384 g/mol. The molecule has 146 valence electrons. The fourth-order valence-electron chi connectivity index (χ4n) is 2.44. The zero-order valence-corrected chi connectivity index (χ0v) is 20.2. The van der Waals surface area contributed by atoms with Gasteiger partial charge in [0.2, 0.25) is 0 Å². The predicted molar refractivity (Wildman–Crippen MR) is 112 cm³/mol. The van der Waals surface area contributed by atoms with E-state index in [4.69, 9.17) is 8.85 Å². The van der Waals surface area contributed by atoms with Crippen molar-refractivity contribution in [1.82, 2.24) is 0 Å². The first-order chi connectivity index (χ1) is 11.1. The third-order valence-corrected chi connectivity index (χ3v) is 15.6. The van der Waals surface area contributed by atoms with Crippen molar-refractivity contribution >= 4 is 22.9 Å². The molecule has 0 saturated heterocycles. The van der Waals surface area contributed by atoms with Crippen LogP contribution in [0.2, 0.25) is 36.3 Å². The molecule has 0 heterocycles. The lowest BCUT2D eigenvalue weighted by atomic mass is 9.97. The summed E-state index contributed by atoms with van der Waals surface area (Å²) in [5, 5.41) is 0.412. The van der Waals surface area contributed by atoms with E-state index in [-0.39, 0.29) is 10.1 Å². The number of hydrogen-bond donors (Lipinski definition) is 0. The van der Waals surface area contributed by atoms with Crippen LogP contribution in [0.15, 0.2) is 11.6 Å². The molecule has 5 heteroatoms. The molecule has 1 aliphatic rings. The number of aldehydes is 1. The normalized spacial score (nSPS) is 22.9. The zero-order valence-electron chi connectivity index (χ0n) is 18.2. The van der Waals surface area contributed by atoms with E-state index in [1.54, 1.807) is 0 Å². The molecule has 0 aliphatic heterocycles. The molecule has 0 aromatic heterocycles. The van der Waals surface area contributed by atoms with Gasteiger partial charge >= 0.3 is 0 Å². The minimum absolute atomic E-state index is 0.204. The summed E-state index contributed by atoms with van der Waals surface area (Å²) in [4.78, 5) is 11.3. The number of carbonyl (C=O) groups is 1. The number of rotatable bonds is 7. The van der Waals surface area contributed by atoms with Crippen molar-refractivity contribution in [2.24, 2.45) is 11.8 Å². The molecule has 0 bridgehead atoms. The van der Waals surface area contributed by atoms with E-state index in [0.717, 1.165) is 24.9 Å². The van der Waals surface area contributed by atoms with E-state index < -0.39 is 16.6 Å². The van der Waals surface area contributed by atoms with Crippen LogP contribution in [0.5, 0.6) is 0 Å². The topological polar surface area (TPSA) is 35.5 Å². The Labute approximate surface area is 157 Å². The molecular weight excluding hydrogens is 344 g/mol. The second kappa shape index (κ2) is 7.79. The van der Waals surface area contributed by atoms with Gasteiger partial charge in [0, 0.05) is 19.1 Å². The van der Waals surface area contributed by atoms with Crippen molar-refractivity contribution < 1.29 is 13.6 Å². The van der Waals surface area contributed by atoms with E-state index in [1.165, 1.54) is 0 Å². The highest BCUT2D eigenvalue weighted by molar-refractivity contribution is 6.74. The van der Waals surface area contributed by atoms with Gasteiger partial charge in [-0.1, -0.05) is 47.6 Å². The molecule has 0 fully saturated rings. The molecule has 0 aromatic rings. The maximum absolute atomic E-state index is 11.3. The molecule has 1 aliphatic carbocycles. The highest BCUT2D eigenvalue weighted by Gasteiger charge is 2.41. The van der Waals surface area contributed by atoms with Crippen LogP contribution in [0, 0.1) is 11.8 Å². The van der Waals surface area contributed by atoms with Gasteiger partial charge < -0.3 is 8.85 Å². The van der Waals surface area contributed by atoms with Gasteiger partial charge in [-0.25, -0.2) is 0 Å². The molecule has 0 saturated carbocycles. The van der Waals surface area contributed by atoms with Crippen LogP contribution in [-0.2, 0) is 13.6 Å². The summed E-state index contributed by atoms with van der Waals surface area (Å²) >= 11 is 0. The second-order valence-corrected chi connectivity index (χ2v) is 20.2. The summed E-state index contributed by atoms with van der Waals surface area (Å²) in [6.07, 6.45) is 3.95. The summed E-state index contributed by atoms with van der Waals surface area (Å²) in [6, 6.07) is 0. The average molecular weight is 385 g/mol. The van der Waals surface area contributed by atoms with Gasteiger partial charge in [0.05, 0.1) is 0 Å². The Morgan fingerprint density at radius 2 is 1.40 bits per heavy atom. The Morgan fingerprint density at radius 3 is 1.80 bits per heavy atom. The van der Waals surface area contributed by atoms with E-state index >= 15 is 0 Å². The fraction of sp³-hybridized carbons (Fsp3) is 0.850. The molecule has 0 amide bonds. The molecule has 0 unspecified atom stereocenters. The van der Waals surface area contributed by atoms with E-state index in [2.05, 4.69) is 73.8 Å². The van der Waals surface area contributed by atoms with Crippen molar-refractivity contribution in [1.29, 1.82) is 0 Å². The van der Waals surface area contributed by atoms with Gasteiger partial charge in [-0.3, -0.25) is 4.79 Å². The first-order valence-corrected chi connectivity index (χ1v) is 15.4. The Balaban J connectivity index is 2.75. The Hall–Kier alpha value is -0.236. The molecule has 2 atom stereocenters. The van der Waals surface area contributed by atoms with Gasteiger partial charge in [-0.15, -0.1) is 0 Å². The third kappa shape index (κ3) is 5.88.